The first-order valence-electron chi connectivity index (χ1n) is 6.44. The van der Waals surface area contributed by atoms with Crippen molar-refractivity contribution < 1.29 is 4.79 Å². The summed E-state index contributed by atoms with van der Waals surface area (Å²) in [6.45, 7) is 7.08. The van der Waals surface area contributed by atoms with Crippen LogP contribution in [0.25, 0.3) is 0 Å². The van der Waals surface area contributed by atoms with E-state index in [1.807, 2.05) is 23.1 Å². The average molecular weight is 231 g/mol. The highest BCUT2D eigenvalue weighted by atomic mass is 16.2. The Morgan fingerprint density at radius 1 is 1.35 bits per heavy atom. The fourth-order valence-corrected chi connectivity index (χ4v) is 2.17. The zero-order valence-corrected chi connectivity index (χ0v) is 10.9. The zero-order valence-electron chi connectivity index (χ0n) is 10.9. The highest BCUT2D eigenvalue weighted by molar-refractivity contribution is 5.81. The van der Waals surface area contributed by atoms with Crippen molar-refractivity contribution >= 4 is 5.91 Å². The van der Waals surface area contributed by atoms with Crippen LogP contribution in [0, 0.1) is 11.8 Å². The van der Waals surface area contributed by atoms with Gasteiger partial charge in [0.1, 0.15) is 0 Å². The molecule has 2 atom stereocenters. The lowest BCUT2D eigenvalue weighted by Gasteiger charge is -2.27. The van der Waals surface area contributed by atoms with Crippen LogP contribution < -0.4 is 0 Å². The van der Waals surface area contributed by atoms with Crippen LogP contribution in [0.3, 0.4) is 0 Å². The van der Waals surface area contributed by atoms with Crippen LogP contribution in [0.15, 0.2) is 30.3 Å². The van der Waals surface area contributed by atoms with Gasteiger partial charge in [-0.25, -0.2) is 0 Å². The Kier molecular flexibility index (Phi) is 3.51. The Morgan fingerprint density at radius 3 is 2.41 bits per heavy atom. The van der Waals surface area contributed by atoms with Crippen LogP contribution in [0.5, 0.6) is 0 Å². The molecule has 17 heavy (non-hydrogen) atoms. The third-order valence-corrected chi connectivity index (χ3v) is 3.53. The first kappa shape index (κ1) is 12.2. The molecule has 0 saturated heterocycles. The number of hydrogen-bond donors (Lipinski definition) is 0. The van der Waals surface area contributed by atoms with Crippen molar-refractivity contribution in [1.82, 2.24) is 4.90 Å². The Balaban J connectivity index is 2.05. The van der Waals surface area contributed by atoms with E-state index in [-0.39, 0.29) is 12.0 Å². The lowest BCUT2D eigenvalue weighted by Crippen LogP contribution is -2.37. The fraction of sp³-hybridized carbons (Fsp3) is 0.533. The molecule has 2 nitrogen and oxygen atoms in total. The van der Waals surface area contributed by atoms with E-state index >= 15 is 0 Å². The maximum atomic E-state index is 12.3. The van der Waals surface area contributed by atoms with E-state index in [4.69, 9.17) is 0 Å². The van der Waals surface area contributed by atoms with E-state index < -0.39 is 0 Å². The molecular formula is C15H21NO. The van der Waals surface area contributed by atoms with Crippen LogP contribution >= 0.6 is 0 Å². The summed E-state index contributed by atoms with van der Waals surface area (Å²) in [6, 6.07) is 10.5. The maximum Gasteiger partial charge on any atom is 0.226 e. The molecule has 0 aromatic heterocycles. The molecule has 0 radical (unpaired) electrons. The molecule has 0 N–H and O–H groups in total. The lowest BCUT2D eigenvalue weighted by molar-refractivity contribution is -0.135. The van der Waals surface area contributed by atoms with Gasteiger partial charge in [0, 0.05) is 18.5 Å². The summed E-state index contributed by atoms with van der Waals surface area (Å²) in [5, 5.41) is 0. The summed E-state index contributed by atoms with van der Waals surface area (Å²) >= 11 is 0. The standard InChI is InChI=1S/C15H21NO/c1-11(2)16(15(17)14-9-12(14)3)10-13-7-5-4-6-8-13/h4-8,11-12,14H,9-10H2,1-3H3. The van der Waals surface area contributed by atoms with E-state index in [1.165, 1.54) is 5.56 Å². The predicted molar refractivity (Wildman–Crippen MR) is 69.4 cm³/mol. The highest BCUT2D eigenvalue weighted by Gasteiger charge is 2.41. The number of nitrogens with zero attached hydrogens (tertiary/aromatic N) is 1. The fourth-order valence-electron chi connectivity index (χ4n) is 2.17. The van der Waals surface area contributed by atoms with E-state index in [1.54, 1.807) is 0 Å². The third kappa shape index (κ3) is 2.87. The van der Waals surface area contributed by atoms with Gasteiger partial charge < -0.3 is 4.90 Å². The second-order valence-electron chi connectivity index (χ2n) is 5.36. The van der Waals surface area contributed by atoms with Gasteiger partial charge in [-0.1, -0.05) is 37.3 Å². The van der Waals surface area contributed by atoms with Crippen LogP contribution in [-0.4, -0.2) is 16.8 Å². The molecule has 0 aliphatic heterocycles. The third-order valence-electron chi connectivity index (χ3n) is 3.53. The molecule has 1 saturated carbocycles. The number of carbonyl (C=O) groups is 1. The lowest BCUT2D eigenvalue weighted by atomic mass is 10.1. The monoisotopic (exact) mass is 231 g/mol. The van der Waals surface area contributed by atoms with Gasteiger partial charge in [-0.3, -0.25) is 4.79 Å². The van der Waals surface area contributed by atoms with E-state index in [2.05, 4.69) is 32.9 Å². The predicted octanol–water partition coefficient (Wildman–Crippen LogP) is 3.08. The van der Waals surface area contributed by atoms with Gasteiger partial charge in [0.05, 0.1) is 0 Å². The smallest absolute Gasteiger partial charge is 0.226 e. The van der Waals surface area contributed by atoms with E-state index in [0.29, 0.717) is 11.8 Å². The molecule has 2 unspecified atom stereocenters. The molecule has 1 aliphatic carbocycles. The summed E-state index contributed by atoms with van der Waals surface area (Å²) < 4.78 is 0. The second-order valence-corrected chi connectivity index (χ2v) is 5.36. The van der Waals surface area contributed by atoms with Gasteiger partial charge in [-0.05, 0) is 31.7 Å². The average Bonchev–Trinajstić information content (AvgIpc) is 3.03. The van der Waals surface area contributed by atoms with Gasteiger partial charge in [0.25, 0.3) is 0 Å². The second kappa shape index (κ2) is 4.91. The first-order chi connectivity index (χ1) is 8.09. The molecule has 1 aliphatic rings. The maximum absolute atomic E-state index is 12.3. The van der Waals surface area contributed by atoms with Crippen molar-refractivity contribution in [2.24, 2.45) is 11.8 Å². The van der Waals surface area contributed by atoms with E-state index in [0.717, 1.165) is 13.0 Å². The van der Waals surface area contributed by atoms with Crippen LogP contribution in [0.1, 0.15) is 32.8 Å². The van der Waals surface area contributed by atoms with Crippen molar-refractivity contribution in [2.75, 3.05) is 0 Å². The summed E-state index contributed by atoms with van der Waals surface area (Å²) in [6.07, 6.45) is 1.07. The van der Waals surface area contributed by atoms with Gasteiger partial charge in [-0.15, -0.1) is 0 Å². The molecular weight excluding hydrogens is 210 g/mol. The molecule has 2 heteroatoms. The largest absolute Gasteiger partial charge is 0.336 e. The van der Waals surface area contributed by atoms with Gasteiger partial charge >= 0.3 is 0 Å². The molecule has 1 aromatic carbocycles. The quantitative estimate of drug-likeness (QED) is 0.780. The molecule has 0 heterocycles. The normalized spacial score (nSPS) is 22.6. The van der Waals surface area contributed by atoms with Crippen molar-refractivity contribution in [2.45, 2.75) is 39.8 Å². The summed E-state index contributed by atoms with van der Waals surface area (Å²) in [4.78, 5) is 14.3. The minimum Gasteiger partial charge on any atom is -0.336 e. The topological polar surface area (TPSA) is 20.3 Å². The van der Waals surface area contributed by atoms with Crippen LogP contribution in [0.4, 0.5) is 0 Å². The van der Waals surface area contributed by atoms with Gasteiger partial charge in [-0.2, -0.15) is 0 Å². The number of rotatable bonds is 4. The molecule has 1 fully saturated rings. The van der Waals surface area contributed by atoms with Crippen molar-refractivity contribution in [3.63, 3.8) is 0 Å². The van der Waals surface area contributed by atoms with Gasteiger partial charge in [0.15, 0.2) is 0 Å². The molecule has 0 bridgehead atoms. The Morgan fingerprint density at radius 2 is 1.94 bits per heavy atom. The summed E-state index contributed by atoms with van der Waals surface area (Å²) in [5.41, 5.74) is 1.21. The van der Waals surface area contributed by atoms with Crippen molar-refractivity contribution in [1.29, 1.82) is 0 Å². The van der Waals surface area contributed by atoms with Crippen molar-refractivity contribution in [3.8, 4) is 0 Å². The highest BCUT2D eigenvalue weighted by Crippen LogP contribution is 2.39. The molecule has 1 aromatic rings. The Labute approximate surface area is 104 Å². The minimum absolute atomic E-state index is 0.274. The SMILES string of the molecule is CC1CC1C(=O)N(Cc1ccccc1)C(C)C. The summed E-state index contributed by atoms with van der Waals surface area (Å²) in [7, 11) is 0. The molecule has 0 spiro atoms. The molecule has 2 rings (SSSR count). The first-order valence-corrected chi connectivity index (χ1v) is 6.44. The van der Waals surface area contributed by atoms with Gasteiger partial charge in [0.2, 0.25) is 5.91 Å². The number of hydrogen-bond acceptors (Lipinski definition) is 1. The Hall–Kier alpha value is -1.31. The number of benzene rings is 1. The minimum atomic E-state index is 0.274. The number of amides is 1. The zero-order chi connectivity index (χ0) is 12.4. The van der Waals surface area contributed by atoms with E-state index in [9.17, 15) is 4.79 Å². The molecule has 1 amide bonds. The number of carbonyl (C=O) groups excluding carboxylic acids is 1. The van der Waals surface area contributed by atoms with Crippen molar-refractivity contribution in [3.05, 3.63) is 35.9 Å². The van der Waals surface area contributed by atoms with Crippen LogP contribution in [-0.2, 0) is 11.3 Å². The summed E-state index contributed by atoms with van der Waals surface area (Å²) in [5.74, 6) is 1.19. The van der Waals surface area contributed by atoms with Crippen LogP contribution in [0.2, 0.25) is 0 Å². The Bertz CT molecular complexity index is 385. The molecule has 92 valence electrons.